The number of hydrogen-bond acceptors (Lipinski definition) is 6. The Balaban J connectivity index is 1.55. The fourth-order valence-corrected chi connectivity index (χ4v) is 3.92. The van der Waals surface area contributed by atoms with E-state index in [4.69, 9.17) is 16.3 Å². The number of rotatable bonds is 7. The SMILES string of the molecule is O=C(C[C@@H]1O[C@@H](CNS(=O)(=O)c2ccc(Cl)cc2)[C@@H](O)[C@H]1O)NC1CC1. The van der Waals surface area contributed by atoms with Crippen molar-refractivity contribution in [2.75, 3.05) is 6.54 Å². The van der Waals surface area contributed by atoms with E-state index in [2.05, 4.69) is 10.0 Å². The van der Waals surface area contributed by atoms with Gasteiger partial charge in [-0.1, -0.05) is 11.6 Å². The van der Waals surface area contributed by atoms with Crippen molar-refractivity contribution >= 4 is 27.5 Å². The van der Waals surface area contributed by atoms with E-state index in [9.17, 15) is 23.4 Å². The molecule has 26 heavy (non-hydrogen) atoms. The standard InChI is InChI=1S/C16H21ClN2O6S/c17-9-1-5-11(6-2-9)26(23,24)18-8-13-16(22)15(21)12(25-13)7-14(20)19-10-3-4-10/h1-2,5-6,10,12-13,15-16,18,21-22H,3-4,7-8H2,(H,19,20)/t12-,13-,15-,16+/m0/s1. The molecule has 0 bridgehead atoms. The Kier molecular flexibility index (Phi) is 5.85. The maximum atomic E-state index is 12.3. The summed E-state index contributed by atoms with van der Waals surface area (Å²) in [5, 5.41) is 23.3. The fraction of sp³-hybridized carbons (Fsp3) is 0.562. The van der Waals surface area contributed by atoms with Crippen molar-refractivity contribution in [2.45, 2.75) is 54.6 Å². The number of aliphatic hydroxyl groups excluding tert-OH is 2. The number of ether oxygens (including phenoxy) is 1. The smallest absolute Gasteiger partial charge is 0.240 e. The minimum Gasteiger partial charge on any atom is -0.388 e. The number of hydrogen-bond donors (Lipinski definition) is 4. The van der Waals surface area contributed by atoms with Gasteiger partial charge >= 0.3 is 0 Å². The number of carbonyl (C=O) groups excluding carboxylic acids is 1. The van der Waals surface area contributed by atoms with Crippen molar-refractivity contribution in [3.05, 3.63) is 29.3 Å². The van der Waals surface area contributed by atoms with Crippen LogP contribution in [-0.4, -0.2) is 61.5 Å². The highest BCUT2D eigenvalue weighted by molar-refractivity contribution is 7.89. The highest BCUT2D eigenvalue weighted by Gasteiger charge is 2.44. The van der Waals surface area contributed by atoms with Crippen molar-refractivity contribution in [2.24, 2.45) is 0 Å². The van der Waals surface area contributed by atoms with Crippen LogP contribution in [0.5, 0.6) is 0 Å². The molecule has 1 saturated heterocycles. The molecule has 8 nitrogen and oxygen atoms in total. The summed E-state index contributed by atoms with van der Waals surface area (Å²) in [7, 11) is -3.81. The van der Waals surface area contributed by atoms with E-state index in [-0.39, 0.29) is 29.8 Å². The van der Waals surface area contributed by atoms with Crippen molar-refractivity contribution in [1.29, 1.82) is 0 Å². The minimum absolute atomic E-state index is 0.0234. The molecule has 144 valence electrons. The summed E-state index contributed by atoms with van der Waals surface area (Å²) >= 11 is 5.74. The van der Waals surface area contributed by atoms with Crippen molar-refractivity contribution in [3.63, 3.8) is 0 Å². The number of aliphatic hydroxyl groups is 2. The Morgan fingerprint density at radius 2 is 1.77 bits per heavy atom. The first kappa shape index (κ1) is 19.5. The number of sulfonamides is 1. The third-order valence-electron chi connectivity index (χ3n) is 4.39. The van der Waals surface area contributed by atoms with Gasteiger partial charge in [-0.3, -0.25) is 4.79 Å². The molecular weight excluding hydrogens is 384 g/mol. The van der Waals surface area contributed by atoms with E-state index in [0.29, 0.717) is 5.02 Å². The zero-order valence-electron chi connectivity index (χ0n) is 13.8. The Morgan fingerprint density at radius 3 is 2.38 bits per heavy atom. The van der Waals surface area contributed by atoms with E-state index >= 15 is 0 Å². The molecule has 4 N–H and O–H groups in total. The number of benzene rings is 1. The quantitative estimate of drug-likeness (QED) is 0.497. The van der Waals surface area contributed by atoms with Crippen LogP contribution in [0.25, 0.3) is 0 Å². The van der Waals surface area contributed by atoms with E-state index in [1.54, 1.807) is 0 Å². The molecule has 1 aliphatic carbocycles. The van der Waals surface area contributed by atoms with Gasteiger partial charge in [0.1, 0.15) is 18.3 Å². The molecule has 0 radical (unpaired) electrons. The number of carbonyl (C=O) groups is 1. The van der Waals surface area contributed by atoms with Gasteiger partial charge in [-0.25, -0.2) is 13.1 Å². The molecule has 1 aromatic rings. The average Bonchev–Trinajstić information content (AvgIpc) is 3.36. The Bertz CT molecular complexity index is 753. The van der Waals surface area contributed by atoms with Gasteiger partial charge < -0.3 is 20.3 Å². The molecule has 1 aromatic carbocycles. The van der Waals surface area contributed by atoms with E-state index in [1.165, 1.54) is 24.3 Å². The molecule has 2 fully saturated rings. The van der Waals surface area contributed by atoms with Crippen LogP contribution in [0.1, 0.15) is 19.3 Å². The van der Waals surface area contributed by atoms with Crippen LogP contribution in [0, 0.1) is 0 Å². The summed E-state index contributed by atoms with van der Waals surface area (Å²) < 4.78 is 32.4. The number of amides is 1. The van der Waals surface area contributed by atoms with Gasteiger partial charge in [-0.05, 0) is 37.1 Å². The van der Waals surface area contributed by atoms with Gasteiger partial charge in [0, 0.05) is 17.6 Å². The van der Waals surface area contributed by atoms with Crippen LogP contribution in [0.2, 0.25) is 5.02 Å². The maximum Gasteiger partial charge on any atom is 0.240 e. The lowest BCUT2D eigenvalue weighted by Gasteiger charge is -2.15. The predicted molar refractivity (Wildman–Crippen MR) is 93.1 cm³/mol. The molecule has 0 spiro atoms. The van der Waals surface area contributed by atoms with Crippen LogP contribution < -0.4 is 10.0 Å². The van der Waals surface area contributed by atoms with E-state index < -0.39 is 34.4 Å². The molecule has 1 heterocycles. The van der Waals surface area contributed by atoms with Gasteiger partial charge in [0.25, 0.3) is 0 Å². The molecule has 1 aliphatic heterocycles. The monoisotopic (exact) mass is 404 g/mol. The summed E-state index contributed by atoms with van der Waals surface area (Å²) in [5.41, 5.74) is 0. The third kappa shape index (κ3) is 4.73. The van der Waals surface area contributed by atoms with E-state index in [1.807, 2.05) is 0 Å². The molecule has 1 amide bonds. The van der Waals surface area contributed by atoms with Gasteiger partial charge in [0.2, 0.25) is 15.9 Å². The van der Waals surface area contributed by atoms with Crippen LogP contribution in [0.15, 0.2) is 29.2 Å². The summed E-state index contributed by atoms with van der Waals surface area (Å²) in [4.78, 5) is 11.9. The molecule has 2 aliphatic rings. The zero-order valence-corrected chi connectivity index (χ0v) is 15.4. The lowest BCUT2D eigenvalue weighted by atomic mass is 10.1. The first-order valence-corrected chi connectivity index (χ1v) is 10.2. The van der Waals surface area contributed by atoms with E-state index in [0.717, 1.165) is 12.8 Å². The van der Waals surface area contributed by atoms with Crippen molar-refractivity contribution in [1.82, 2.24) is 10.0 Å². The lowest BCUT2D eigenvalue weighted by Crippen LogP contribution is -2.40. The highest BCUT2D eigenvalue weighted by atomic mass is 35.5. The molecule has 4 atom stereocenters. The molecule has 3 rings (SSSR count). The second-order valence-electron chi connectivity index (χ2n) is 6.55. The highest BCUT2D eigenvalue weighted by Crippen LogP contribution is 2.25. The Labute approximate surface area is 156 Å². The minimum atomic E-state index is -3.81. The van der Waals surface area contributed by atoms with Gasteiger partial charge in [-0.15, -0.1) is 0 Å². The Hall–Kier alpha value is -1.23. The van der Waals surface area contributed by atoms with Gasteiger partial charge in [0.15, 0.2) is 0 Å². The van der Waals surface area contributed by atoms with Crippen molar-refractivity contribution in [3.8, 4) is 0 Å². The second-order valence-corrected chi connectivity index (χ2v) is 8.75. The molecular formula is C16H21ClN2O6S. The normalized spacial score (nSPS) is 28.9. The molecule has 1 saturated carbocycles. The maximum absolute atomic E-state index is 12.3. The zero-order chi connectivity index (χ0) is 18.9. The topological polar surface area (TPSA) is 125 Å². The number of halogens is 1. The third-order valence-corrected chi connectivity index (χ3v) is 6.08. The summed E-state index contributed by atoms with van der Waals surface area (Å²) in [5.74, 6) is -0.258. The van der Waals surface area contributed by atoms with Crippen molar-refractivity contribution < 1.29 is 28.2 Å². The largest absolute Gasteiger partial charge is 0.388 e. The van der Waals surface area contributed by atoms with Crippen LogP contribution in [0.3, 0.4) is 0 Å². The second kappa shape index (κ2) is 7.79. The predicted octanol–water partition coefficient (Wildman–Crippen LogP) is -0.224. The van der Waals surface area contributed by atoms with Crippen LogP contribution in [-0.2, 0) is 19.6 Å². The van der Waals surface area contributed by atoms with Crippen LogP contribution in [0.4, 0.5) is 0 Å². The summed E-state index contributed by atoms with van der Waals surface area (Å²) in [6.07, 6.45) is -2.59. The molecule has 10 heteroatoms. The van der Waals surface area contributed by atoms with Gasteiger partial charge in [0.05, 0.1) is 17.4 Å². The first-order chi connectivity index (χ1) is 12.3. The fourth-order valence-electron chi connectivity index (χ4n) is 2.75. The molecule has 0 aromatic heterocycles. The first-order valence-electron chi connectivity index (χ1n) is 8.32. The van der Waals surface area contributed by atoms with Crippen LogP contribution >= 0.6 is 11.6 Å². The summed E-state index contributed by atoms with van der Waals surface area (Å²) in [6.45, 7) is -0.232. The molecule has 0 unspecified atom stereocenters. The number of nitrogens with one attached hydrogen (secondary N) is 2. The van der Waals surface area contributed by atoms with Gasteiger partial charge in [-0.2, -0.15) is 0 Å². The Morgan fingerprint density at radius 1 is 1.15 bits per heavy atom. The average molecular weight is 405 g/mol. The summed E-state index contributed by atoms with van der Waals surface area (Å²) in [6, 6.07) is 5.81. The lowest BCUT2D eigenvalue weighted by molar-refractivity contribution is -0.125.